The molecule has 19 heavy (non-hydrogen) atoms. The maximum Gasteiger partial charge on any atom is 0.180 e. The molecule has 0 spiro atoms. The summed E-state index contributed by atoms with van der Waals surface area (Å²) in [7, 11) is 4.16. The smallest absolute Gasteiger partial charge is 0.180 e. The molecule has 0 fully saturated rings. The van der Waals surface area contributed by atoms with Gasteiger partial charge in [0.05, 0.1) is 6.20 Å². The lowest BCUT2D eigenvalue weighted by Gasteiger charge is -2.12. The molecule has 0 aliphatic rings. The summed E-state index contributed by atoms with van der Waals surface area (Å²) in [6.07, 6.45) is 6.75. The highest BCUT2D eigenvalue weighted by Gasteiger charge is 2.06. The van der Waals surface area contributed by atoms with Gasteiger partial charge in [0, 0.05) is 25.5 Å². The van der Waals surface area contributed by atoms with Gasteiger partial charge >= 0.3 is 0 Å². The molecule has 2 rings (SSSR count). The zero-order chi connectivity index (χ0) is 13.7. The minimum absolute atomic E-state index is 0.835. The summed E-state index contributed by atoms with van der Waals surface area (Å²) in [5.74, 6) is 1.70. The van der Waals surface area contributed by atoms with E-state index in [4.69, 9.17) is 0 Å². The first-order chi connectivity index (χ1) is 9.20. The van der Waals surface area contributed by atoms with Crippen molar-refractivity contribution in [1.82, 2.24) is 19.3 Å². The Morgan fingerprint density at radius 1 is 1.32 bits per heavy atom. The zero-order valence-electron chi connectivity index (χ0n) is 11.8. The van der Waals surface area contributed by atoms with Crippen LogP contribution in [-0.4, -0.2) is 53.0 Å². The number of fused-ring (bicyclic) bond motifs is 1. The zero-order valence-corrected chi connectivity index (χ0v) is 11.8. The van der Waals surface area contributed by atoms with E-state index in [1.54, 1.807) is 6.20 Å². The highest BCUT2D eigenvalue weighted by Crippen LogP contribution is 2.16. The molecule has 0 radical (unpaired) electrons. The van der Waals surface area contributed by atoms with Crippen LogP contribution in [0.3, 0.4) is 0 Å². The minimum atomic E-state index is 0.835. The van der Waals surface area contributed by atoms with E-state index >= 15 is 0 Å². The molecule has 0 bridgehead atoms. The van der Waals surface area contributed by atoms with Crippen molar-refractivity contribution in [1.29, 1.82) is 0 Å². The molecule has 104 valence electrons. The van der Waals surface area contributed by atoms with Gasteiger partial charge in [0.2, 0.25) is 0 Å². The second-order valence-corrected chi connectivity index (χ2v) is 4.75. The van der Waals surface area contributed by atoms with Gasteiger partial charge in [-0.15, -0.1) is 0 Å². The number of nitrogens with one attached hydrogen (secondary N) is 2. The Kier molecular flexibility index (Phi) is 4.57. The van der Waals surface area contributed by atoms with Gasteiger partial charge in [-0.1, -0.05) is 0 Å². The fourth-order valence-corrected chi connectivity index (χ4v) is 1.92. The van der Waals surface area contributed by atoms with E-state index in [0.717, 1.165) is 43.3 Å². The lowest BCUT2D eigenvalue weighted by molar-refractivity contribution is 0.405. The first-order valence-electron chi connectivity index (χ1n) is 6.67. The van der Waals surface area contributed by atoms with Crippen LogP contribution in [0.4, 0.5) is 11.6 Å². The van der Waals surface area contributed by atoms with Crippen molar-refractivity contribution in [3.8, 4) is 0 Å². The number of hydrogen-bond donors (Lipinski definition) is 2. The monoisotopic (exact) mass is 262 g/mol. The van der Waals surface area contributed by atoms with Crippen molar-refractivity contribution in [2.24, 2.45) is 0 Å². The molecule has 0 aliphatic heterocycles. The molecule has 2 N–H and O–H groups in total. The highest BCUT2D eigenvalue weighted by atomic mass is 15.1. The van der Waals surface area contributed by atoms with E-state index in [2.05, 4.69) is 46.5 Å². The maximum absolute atomic E-state index is 4.56. The molecule has 0 aromatic carbocycles. The molecular weight excluding hydrogens is 240 g/mol. The third-order valence-corrected chi connectivity index (χ3v) is 2.81. The van der Waals surface area contributed by atoms with E-state index in [0.29, 0.717) is 0 Å². The van der Waals surface area contributed by atoms with E-state index in [9.17, 15) is 0 Å². The molecular formula is C13H22N6. The van der Waals surface area contributed by atoms with Crippen molar-refractivity contribution in [3.63, 3.8) is 0 Å². The van der Waals surface area contributed by atoms with Gasteiger partial charge in [-0.05, 0) is 34.0 Å². The fraction of sp³-hybridized carbons (Fsp3) is 0.538. The van der Waals surface area contributed by atoms with Gasteiger partial charge in [0.25, 0.3) is 0 Å². The van der Waals surface area contributed by atoms with Gasteiger partial charge in [-0.3, -0.25) is 0 Å². The van der Waals surface area contributed by atoms with Crippen molar-refractivity contribution in [3.05, 3.63) is 18.6 Å². The molecule has 6 nitrogen and oxygen atoms in total. The van der Waals surface area contributed by atoms with E-state index in [-0.39, 0.29) is 0 Å². The largest absolute Gasteiger partial charge is 0.369 e. The summed E-state index contributed by atoms with van der Waals surface area (Å²) in [6, 6.07) is 0. The highest BCUT2D eigenvalue weighted by molar-refractivity contribution is 5.65. The first-order valence-corrected chi connectivity index (χ1v) is 6.67. The van der Waals surface area contributed by atoms with E-state index < -0.39 is 0 Å². The fourth-order valence-electron chi connectivity index (χ4n) is 1.92. The van der Waals surface area contributed by atoms with Crippen molar-refractivity contribution < 1.29 is 0 Å². The Morgan fingerprint density at radius 2 is 2.16 bits per heavy atom. The molecule has 0 saturated heterocycles. The quantitative estimate of drug-likeness (QED) is 0.741. The average Bonchev–Trinajstić information content (AvgIpc) is 2.83. The third-order valence-electron chi connectivity index (χ3n) is 2.81. The Bertz CT molecular complexity index is 519. The van der Waals surface area contributed by atoms with Gasteiger partial charge in [0.15, 0.2) is 11.5 Å². The van der Waals surface area contributed by atoms with Crippen molar-refractivity contribution >= 4 is 17.3 Å². The third kappa shape index (κ3) is 3.57. The van der Waals surface area contributed by atoms with Crippen LogP contribution in [0, 0.1) is 0 Å². The number of hydrogen-bond acceptors (Lipinski definition) is 5. The average molecular weight is 262 g/mol. The molecule has 0 unspecified atom stereocenters. The molecule has 0 atom stereocenters. The van der Waals surface area contributed by atoms with Gasteiger partial charge in [0.1, 0.15) is 5.82 Å². The summed E-state index contributed by atoms with van der Waals surface area (Å²) in [4.78, 5) is 11.1. The second kappa shape index (κ2) is 6.38. The van der Waals surface area contributed by atoms with Crippen LogP contribution < -0.4 is 10.6 Å². The van der Waals surface area contributed by atoms with E-state index in [1.807, 2.05) is 16.8 Å². The van der Waals surface area contributed by atoms with Gasteiger partial charge in [-0.25, -0.2) is 9.97 Å². The Labute approximate surface area is 113 Å². The molecule has 0 aliphatic carbocycles. The molecule has 6 heteroatoms. The number of aromatic nitrogens is 3. The lowest BCUT2D eigenvalue weighted by Crippen LogP contribution is -2.17. The lowest BCUT2D eigenvalue weighted by atomic mass is 10.4. The van der Waals surface area contributed by atoms with Gasteiger partial charge < -0.3 is 19.9 Å². The SMILES string of the molecule is CCNc1cn2ccnc2c(NCCCN(C)C)n1. The molecule has 2 heterocycles. The summed E-state index contributed by atoms with van der Waals surface area (Å²) in [5, 5.41) is 6.60. The van der Waals surface area contributed by atoms with Gasteiger partial charge in [-0.2, -0.15) is 0 Å². The predicted molar refractivity (Wildman–Crippen MR) is 78.8 cm³/mol. The molecule has 0 saturated carbocycles. The number of anilines is 2. The number of nitrogens with zero attached hydrogens (tertiary/aromatic N) is 4. The predicted octanol–water partition coefficient (Wildman–Crippen LogP) is 1.52. The molecule has 0 amide bonds. The maximum atomic E-state index is 4.56. The van der Waals surface area contributed by atoms with E-state index in [1.165, 1.54) is 0 Å². The van der Waals surface area contributed by atoms with Crippen LogP contribution in [0.5, 0.6) is 0 Å². The summed E-state index contributed by atoms with van der Waals surface area (Å²) in [6.45, 7) is 4.87. The summed E-state index contributed by atoms with van der Waals surface area (Å²) in [5.41, 5.74) is 0.867. The summed E-state index contributed by atoms with van der Waals surface area (Å²) >= 11 is 0. The summed E-state index contributed by atoms with van der Waals surface area (Å²) < 4.78 is 1.99. The second-order valence-electron chi connectivity index (χ2n) is 4.75. The van der Waals surface area contributed by atoms with Crippen LogP contribution in [0.15, 0.2) is 18.6 Å². The number of rotatable bonds is 7. The van der Waals surface area contributed by atoms with Crippen LogP contribution in [0.25, 0.3) is 5.65 Å². The standard InChI is InChI=1S/C13H22N6/c1-4-14-11-10-19-9-7-16-13(19)12(17-11)15-6-5-8-18(2)3/h7,9-10,14H,4-6,8H2,1-3H3,(H,15,17). The van der Waals surface area contributed by atoms with Crippen molar-refractivity contribution in [2.45, 2.75) is 13.3 Å². The Morgan fingerprint density at radius 3 is 2.89 bits per heavy atom. The normalized spacial score (nSPS) is 11.2. The minimum Gasteiger partial charge on any atom is -0.369 e. The van der Waals surface area contributed by atoms with Crippen molar-refractivity contribution in [2.75, 3.05) is 44.4 Å². The molecule has 2 aromatic rings. The van der Waals surface area contributed by atoms with Crippen LogP contribution in [0.1, 0.15) is 13.3 Å². The van der Waals surface area contributed by atoms with Crippen LogP contribution >= 0.6 is 0 Å². The Hall–Kier alpha value is -1.82. The molecule has 2 aromatic heterocycles. The van der Waals surface area contributed by atoms with Crippen LogP contribution in [0.2, 0.25) is 0 Å². The first kappa shape index (κ1) is 13.6. The van der Waals surface area contributed by atoms with Crippen LogP contribution in [-0.2, 0) is 0 Å². The Balaban J connectivity index is 2.09. The number of imidazole rings is 1. The topological polar surface area (TPSA) is 57.5 Å².